The summed E-state index contributed by atoms with van der Waals surface area (Å²) in [6.45, 7) is 1.68. The molecule has 0 bridgehead atoms. The van der Waals surface area contributed by atoms with Gasteiger partial charge in [-0.1, -0.05) is 0 Å². The second-order valence-electron chi connectivity index (χ2n) is 4.97. The number of carboxylic acids is 1. The highest BCUT2D eigenvalue weighted by molar-refractivity contribution is 5.75. The number of hydrogen-bond acceptors (Lipinski definition) is 4. The normalized spacial score (nSPS) is 11.5. The Morgan fingerprint density at radius 3 is 2.39 bits per heavy atom. The number of methoxy groups -OCH3 is 2. The molecule has 0 aliphatic rings. The van der Waals surface area contributed by atoms with Crippen molar-refractivity contribution < 1.29 is 28.6 Å². The number of nitrogens with zero attached hydrogens (tertiary/aromatic N) is 1. The molecule has 1 unspecified atom stereocenters. The van der Waals surface area contributed by atoms with Crippen LogP contribution < -0.4 is 14.8 Å². The predicted molar refractivity (Wildman–Crippen MR) is 81.3 cm³/mol. The molecule has 0 aliphatic heterocycles. The number of carbonyl (C=O) groups excluding carboxylic acids is 1. The average molecular weight is 328 g/mol. The minimum Gasteiger partial charge on any atom is -0.493 e. The summed E-state index contributed by atoms with van der Waals surface area (Å²) in [7, 11) is 4.30. The van der Waals surface area contributed by atoms with Crippen molar-refractivity contribution in [3.63, 3.8) is 0 Å². The van der Waals surface area contributed by atoms with Gasteiger partial charge in [-0.3, -0.25) is 4.79 Å². The summed E-state index contributed by atoms with van der Waals surface area (Å²) in [5.41, 5.74) is 0.239. The Kier molecular flexibility index (Phi) is 6.62. The molecule has 0 saturated heterocycles. The molecule has 0 heterocycles. The number of rotatable bonds is 7. The zero-order chi connectivity index (χ0) is 17.6. The molecule has 1 atom stereocenters. The lowest BCUT2D eigenvalue weighted by Gasteiger charge is -2.22. The molecular weight excluding hydrogens is 307 g/mol. The molecule has 23 heavy (non-hydrogen) atoms. The summed E-state index contributed by atoms with van der Waals surface area (Å²) in [4.78, 5) is 23.7. The lowest BCUT2D eigenvalue weighted by Crippen LogP contribution is -2.39. The maximum absolute atomic E-state index is 14.1. The number of aliphatic carboxylic acids is 1. The summed E-state index contributed by atoms with van der Waals surface area (Å²) < 4.78 is 24.3. The van der Waals surface area contributed by atoms with E-state index in [1.807, 2.05) is 0 Å². The van der Waals surface area contributed by atoms with Crippen molar-refractivity contribution >= 4 is 12.0 Å². The van der Waals surface area contributed by atoms with Gasteiger partial charge in [0.1, 0.15) is 5.82 Å². The smallest absolute Gasteiger partial charge is 0.317 e. The van der Waals surface area contributed by atoms with Crippen LogP contribution in [-0.2, 0) is 4.79 Å². The van der Waals surface area contributed by atoms with Gasteiger partial charge in [0.15, 0.2) is 11.5 Å². The molecule has 8 heteroatoms. The Bertz CT molecular complexity index is 579. The molecule has 1 rings (SSSR count). The molecule has 2 amide bonds. The van der Waals surface area contributed by atoms with Crippen LogP contribution in [0.2, 0.25) is 0 Å². The molecule has 0 aliphatic carbocycles. The number of benzene rings is 1. The Morgan fingerprint density at radius 2 is 1.87 bits per heavy atom. The van der Waals surface area contributed by atoms with Crippen molar-refractivity contribution in [1.29, 1.82) is 0 Å². The first-order valence-corrected chi connectivity index (χ1v) is 6.95. The van der Waals surface area contributed by atoms with Gasteiger partial charge in [-0.2, -0.15) is 0 Å². The lowest BCUT2D eigenvalue weighted by atomic mass is 10.1. The maximum Gasteiger partial charge on any atom is 0.317 e. The van der Waals surface area contributed by atoms with Crippen LogP contribution in [0.3, 0.4) is 0 Å². The second-order valence-corrected chi connectivity index (χ2v) is 4.97. The third-order valence-electron chi connectivity index (χ3n) is 3.32. The van der Waals surface area contributed by atoms with Crippen LogP contribution in [-0.4, -0.2) is 49.8 Å². The van der Waals surface area contributed by atoms with Gasteiger partial charge in [-0.05, 0) is 13.0 Å². The standard InChI is InChI=1S/C15H21FN2O5/c1-9(17-15(21)18(2)6-5-14(19)20)10-7-12(22-3)13(23-4)8-11(10)16/h7-9H,5-6H2,1-4H3,(H,17,21)(H,19,20). The van der Waals surface area contributed by atoms with Crippen LogP contribution in [0.4, 0.5) is 9.18 Å². The van der Waals surface area contributed by atoms with E-state index in [4.69, 9.17) is 14.6 Å². The lowest BCUT2D eigenvalue weighted by molar-refractivity contribution is -0.137. The van der Waals surface area contributed by atoms with Gasteiger partial charge in [0, 0.05) is 25.2 Å². The molecule has 1 aromatic rings. The van der Waals surface area contributed by atoms with Crippen LogP contribution in [0.5, 0.6) is 11.5 Å². The van der Waals surface area contributed by atoms with Crippen molar-refractivity contribution in [2.45, 2.75) is 19.4 Å². The van der Waals surface area contributed by atoms with Crippen molar-refractivity contribution in [1.82, 2.24) is 10.2 Å². The van der Waals surface area contributed by atoms with Gasteiger partial charge in [0.25, 0.3) is 0 Å². The number of ether oxygens (including phenoxy) is 2. The quantitative estimate of drug-likeness (QED) is 0.799. The number of halogens is 1. The number of nitrogens with one attached hydrogen (secondary N) is 1. The Balaban J connectivity index is 2.83. The number of hydrogen-bond donors (Lipinski definition) is 2. The number of carbonyl (C=O) groups is 2. The molecule has 0 saturated carbocycles. The molecule has 2 N–H and O–H groups in total. The van der Waals surface area contributed by atoms with E-state index < -0.39 is 23.9 Å². The Morgan fingerprint density at radius 1 is 1.30 bits per heavy atom. The van der Waals surface area contributed by atoms with Gasteiger partial charge in [0.05, 0.1) is 26.7 Å². The van der Waals surface area contributed by atoms with E-state index in [-0.39, 0.29) is 24.3 Å². The molecule has 1 aromatic carbocycles. The molecule has 128 valence electrons. The molecular formula is C15H21FN2O5. The van der Waals surface area contributed by atoms with Gasteiger partial charge >= 0.3 is 12.0 Å². The van der Waals surface area contributed by atoms with Crippen molar-refractivity contribution in [2.75, 3.05) is 27.8 Å². The summed E-state index contributed by atoms with van der Waals surface area (Å²) in [6.07, 6.45) is -0.164. The van der Waals surface area contributed by atoms with Crippen LogP contribution in [0.15, 0.2) is 12.1 Å². The molecule has 0 aromatic heterocycles. The van der Waals surface area contributed by atoms with Crippen LogP contribution in [0.25, 0.3) is 0 Å². The first kappa shape index (κ1) is 18.5. The highest BCUT2D eigenvalue weighted by Crippen LogP contribution is 2.32. The minimum atomic E-state index is -0.997. The maximum atomic E-state index is 14.1. The van der Waals surface area contributed by atoms with Gasteiger partial charge in [-0.15, -0.1) is 0 Å². The van der Waals surface area contributed by atoms with Gasteiger partial charge in [0.2, 0.25) is 0 Å². The fourth-order valence-corrected chi connectivity index (χ4v) is 1.94. The number of amides is 2. The van der Waals surface area contributed by atoms with Crippen LogP contribution in [0.1, 0.15) is 24.9 Å². The highest BCUT2D eigenvalue weighted by Gasteiger charge is 2.19. The van der Waals surface area contributed by atoms with E-state index in [0.29, 0.717) is 5.75 Å². The number of carboxylic acid groups (broad SMARTS) is 1. The van der Waals surface area contributed by atoms with E-state index in [9.17, 15) is 14.0 Å². The van der Waals surface area contributed by atoms with Gasteiger partial charge < -0.3 is 24.8 Å². The molecule has 7 nitrogen and oxygen atoms in total. The zero-order valence-corrected chi connectivity index (χ0v) is 13.6. The first-order valence-electron chi connectivity index (χ1n) is 6.95. The first-order chi connectivity index (χ1) is 10.8. The second kappa shape index (κ2) is 8.21. The molecule has 0 fully saturated rings. The average Bonchev–Trinajstić information content (AvgIpc) is 2.51. The summed E-state index contributed by atoms with van der Waals surface area (Å²) in [5, 5.41) is 11.2. The fourth-order valence-electron chi connectivity index (χ4n) is 1.94. The SMILES string of the molecule is COc1cc(F)c(C(C)NC(=O)N(C)CCC(=O)O)cc1OC. The van der Waals surface area contributed by atoms with E-state index in [2.05, 4.69) is 5.32 Å². The summed E-state index contributed by atoms with van der Waals surface area (Å²) >= 11 is 0. The van der Waals surface area contributed by atoms with E-state index >= 15 is 0 Å². The predicted octanol–water partition coefficient (Wildman–Crippen LogP) is 2.02. The largest absolute Gasteiger partial charge is 0.493 e. The van der Waals surface area contributed by atoms with E-state index in [1.165, 1.54) is 38.3 Å². The summed E-state index contributed by atoms with van der Waals surface area (Å²) in [5.74, 6) is -0.928. The minimum absolute atomic E-state index is 0.0578. The molecule has 0 radical (unpaired) electrons. The third-order valence-corrected chi connectivity index (χ3v) is 3.32. The molecule has 0 spiro atoms. The Hall–Kier alpha value is -2.51. The topological polar surface area (TPSA) is 88.1 Å². The Labute approximate surface area is 134 Å². The number of urea groups is 1. The highest BCUT2D eigenvalue weighted by atomic mass is 19.1. The monoisotopic (exact) mass is 328 g/mol. The van der Waals surface area contributed by atoms with Crippen LogP contribution >= 0.6 is 0 Å². The zero-order valence-electron chi connectivity index (χ0n) is 13.6. The van der Waals surface area contributed by atoms with Crippen molar-refractivity contribution in [3.05, 3.63) is 23.5 Å². The fraction of sp³-hybridized carbons (Fsp3) is 0.467. The van der Waals surface area contributed by atoms with Crippen molar-refractivity contribution in [2.24, 2.45) is 0 Å². The van der Waals surface area contributed by atoms with Crippen LogP contribution in [0, 0.1) is 5.82 Å². The van der Waals surface area contributed by atoms with Crippen molar-refractivity contribution in [3.8, 4) is 11.5 Å². The van der Waals surface area contributed by atoms with E-state index in [0.717, 1.165) is 0 Å². The van der Waals surface area contributed by atoms with E-state index in [1.54, 1.807) is 6.92 Å². The summed E-state index contributed by atoms with van der Waals surface area (Å²) in [6, 6.07) is 1.52. The van der Waals surface area contributed by atoms with Gasteiger partial charge in [-0.25, -0.2) is 9.18 Å². The third kappa shape index (κ3) is 5.01.